The summed E-state index contributed by atoms with van der Waals surface area (Å²) in [6, 6.07) is 5.83. The number of rotatable bonds is 3. The van der Waals surface area contributed by atoms with Crippen molar-refractivity contribution in [3.8, 4) is 0 Å². The van der Waals surface area contributed by atoms with Crippen LogP contribution in [0.3, 0.4) is 0 Å². The zero-order chi connectivity index (χ0) is 15.7. The highest BCUT2D eigenvalue weighted by atomic mass is 16.2. The number of aromatic nitrogens is 2. The number of benzene rings is 1. The molecule has 0 aliphatic heterocycles. The second-order valence-electron chi connectivity index (χ2n) is 5.74. The van der Waals surface area contributed by atoms with Gasteiger partial charge in [-0.2, -0.15) is 5.10 Å². The Morgan fingerprint density at radius 3 is 2.38 bits per heavy atom. The van der Waals surface area contributed by atoms with Crippen LogP contribution in [0.5, 0.6) is 0 Å². The Labute approximate surface area is 126 Å². The summed E-state index contributed by atoms with van der Waals surface area (Å²) >= 11 is 0. The third-order valence-electron chi connectivity index (χ3n) is 4.26. The van der Waals surface area contributed by atoms with Crippen molar-refractivity contribution < 1.29 is 4.79 Å². The number of hydrogen-bond donors (Lipinski definition) is 1. The molecule has 0 bridgehead atoms. The molecule has 2 rings (SSSR count). The Hall–Kier alpha value is -2.10. The van der Waals surface area contributed by atoms with Crippen LogP contribution in [0.15, 0.2) is 18.2 Å². The lowest BCUT2D eigenvalue weighted by Crippen LogP contribution is -2.30. The SMILES string of the molecule is Cc1ccc(C(=O)N(C)C(C)c2c(C)n[nH]c2C)cc1C. The zero-order valence-electron chi connectivity index (χ0n) is 13.6. The van der Waals surface area contributed by atoms with Gasteiger partial charge < -0.3 is 4.90 Å². The van der Waals surface area contributed by atoms with Crippen molar-refractivity contribution in [2.45, 2.75) is 40.7 Å². The van der Waals surface area contributed by atoms with Crippen LogP contribution in [0.1, 0.15) is 51.4 Å². The van der Waals surface area contributed by atoms with Gasteiger partial charge in [0, 0.05) is 23.9 Å². The molecule has 0 saturated carbocycles. The molecule has 1 N–H and O–H groups in total. The van der Waals surface area contributed by atoms with Gasteiger partial charge in [0.2, 0.25) is 0 Å². The van der Waals surface area contributed by atoms with Gasteiger partial charge in [-0.05, 0) is 57.9 Å². The summed E-state index contributed by atoms with van der Waals surface area (Å²) in [6.07, 6.45) is 0. The van der Waals surface area contributed by atoms with Crippen LogP contribution in [0.25, 0.3) is 0 Å². The second kappa shape index (κ2) is 5.72. The number of H-pyrrole nitrogens is 1. The molecule has 0 saturated heterocycles. The van der Waals surface area contributed by atoms with Gasteiger partial charge in [-0.1, -0.05) is 6.07 Å². The summed E-state index contributed by atoms with van der Waals surface area (Å²) < 4.78 is 0. The first-order valence-corrected chi connectivity index (χ1v) is 7.18. The number of hydrogen-bond acceptors (Lipinski definition) is 2. The normalized spacial score (nSPS) is 12.3. The Bertz CT molecular complexity index is 653. The van der Waals surface area contributed by atoms with Crippen LogP contribution in [0.2, 0.25) is 0 Å². The maximum absolute atomic E-state index is 12.7. The lowest BCUT2D eigenvalue weighted by molar-refractivity contribution is 0.0742. The Balaban J connectivity index is 2.28. The van der Waals surface area contributed by atoms with Gasteiger partial charge in [0.25, 0.3) is 5.91 Å². The average molecular weight is 285 g/mol. The number of aromatic amines is 1. The van der Waals surface area contributed by atoms with Gasteiger partial charge in [-0.25, -0.2) is 0 Å². The van der Waals surface area contributed by atoms with E-state index < -0.39 is 0 Å². The molecule has 4 nitrogen and oxygen atoms in total. The van der Waals surface area contributed by atoms with E-state index in [4.69, 9.17) is 0 Å². The van der Waals surface area contributed by atoms with Gasteiger partial charge >= 0.3 is 0 Å². The van der Waals surface area contributed by atoms with E-state index in [1.165, 1.54) is 5.56 Å². The van der Waals surface area contributed by atoms with Crippen molar-refractivity contribution in [2.24, 2.45) is 0 Å². The Morgan fingerprint density at radius 1 is 1.19 bits per heavy atom. The molecule has 1 amide bonds. The molecule has 0 spiro atoms. The smallest absolute Gasteiger partial charge is 0.254 e. The van der Waals surface area contributed by atoms with Gasteiger partial charge in [-0.15, -0.1) is 0 Å². The highest BCUT2D eigenvalue weighted by Gasteiger charge is 2.23. The summed E-state index contributed by atoms with van der Waals surface area (Å²) in [6.45, 7) is 10.1. The van der Waals surface area contributed by atoms with E-state index >= 15 is 0 Å². The van der Waals surface area contributed by atoms with Gasteiger partial charge in [-0.3, -0.25) is 9.89 Å². The molecule has 0 fully saturated rings. The van der Waals surface area contributed by atoms with E-state index in [9.17, 15) is 4.79 Å². The van der Waals surface area contributed by atoms with Crippen LogP contribution < -0.4 is 0 Å². The maximum Gasteiger partial charge on any atom is 0.254 e. The van der Waals surface area contributed by atoms with Gasteiger partial charge in [0.05, 0.1) is 11.7 Å². The molecule has 0 radical (unpaired) electrons. The van der Waals surface area contributed by atoms with E-state index in [2.05, 4.69) is 10.2 Å². The topological polar surface area (TPSA) is 49.0 Å². The summed E-state index contributed by atoms with van der Waals surface area (Å²) in [5, 5.41) is 7.19. The predicted molar refractivity (Wildman–Crippen MR) is 84.5 cm³/mol. The minimum absolute atomic E-state index is 0.0159. The van der Waals surface area contributed by atoms with Crippen molar-refractivity contribution in [1.82, 2.24) is 15.1 Å². The fraction of sp³-hybridized carbons (Fsp3) is 0.412. The van der Waals surface area contributed by atoms with Crippen LogP contribution in [-0.2, 0) is 0 Å². The third-order valence-corrected chi connectivity index (χ3v) is 4.26. The lowest BCUT2D eigenvalue weighted by Gasteiger charge is -2.26. The molecule has 1 atom stereocenters. The number of aryl methyl sites for hydroxylation is 4. The molecule has 1 aromatic heterocycles. The number of nitrogens with zero attached hydrogens (tertiary/aromatic N) is 2. The van der Waals surface area contributed by atoms with Gasteiger partial charge in [0.15, 0.2) is 0 Å². The first kappa shape index (κ1) is 15.3. The molecule has 0 aliphatic rings. The molecule has 112 valence electrons. The van der Waals surface area contributed by atoms with Gasteiger partial charge in [0.1, 0.15) is 0 Å². The van der Waals surface area contributed by atoms with Crippen LogP contribution in [-0.4, -0.2) is 28.1 Å². The number of carbonyl (C=O) groups excluding carboxylic acids is 1. The first-order valence-electron chi connectivity index (χ1n) is 7.18. The standard InChI is InChI=1S/C17H23N3O/c1-10-7-8-15(9-11(10)2)17(21)20(6)14(5)16-12(3)18-19-13(16)4/h7-9,14H,1-6H3,(H,18,19). The largest absolute Gasteiger partial charge is 0.335 e. The van der Waals surface area contributed by atoms with E-state index in [1.807, 2.05) is 59.9 Å². The monoisotopic (exact) mass is 285 g/mol. The maximum atomic E-state index is 12.7. The molecular weight excluding hydrogens is 262 g/mol. The Morgan fingerprint density at radius 2 is 1.86 bits per heavy atom. The van der Waals surface area contributed by atoms with E-state index in [0.717, 1.165) is 28.1 Å². The van der Waals surface area contributed by atoms with Crippen LogP contribution in [0.4, 0.5) is 0 Å². The Kier molecular flexibility index (Phi) is 4.16. The second-order valence-corrected chi connectivity index (χ2v) is 5.74. The van der Waals surface area contributed by atoms with Crippen LogP contribution in [0, 0.1) is 27.7 Å². The van der Waals surface area contributed by atoms with Crippen molar-refractivity contribution in [3.05, 3.63) is 51.8 Å². The minimum atomic E-state index is -0.0159. The number of carbonyl (C=O) groups is 1. The van der Waals surface area contributed by atoms with Crippen LogP contribution >= 0.6 is 0 Å². The summed E-state index contributed by atoms with van der Waals surface area (Å²) in [4.78, 5) is 14.4. The van der Waals surface area contributed by atoms with Crippen molar-refractivity contribution >= 4 is 5.91 Å². The van der Waals surface area contributed by atoms with Crippen molar-refractivity contribution in [1.29, 1.82) is 0 Å². The average Bonchev–Trinajstić information content (AvgIpc) is 2.79. The van der Waals surface area contributed by atoms with Crippen molar-refractivity contribution in [3.63, 3.8) is 0 Å². The summed E-state index contributed by atoms with van der Waals surface area (Å²) in [7, 11) is 1.84. The number of nitrogens with one attached hydrogen (secondary N) is 1. The first-order chi connectivity index (χ1) is 9.82. The molecule has 0 aliphatic carbocycles. The van der Waals surface area contributed by atoms with E-state index in [-0.39, 0.29) is 11.9 Å². The fourth-order valence-corrected chi connectivity index (χ4v) is 2.62. The predicted octanol–water partition coefficient (Wildman–Crippen LogP) is 3.48. The molecule has 1 aromatic carbocycles. The highest BCUT2D eigenvalue weighted by molar-refractivity contribution is 5.94. The van der Waals surface area contributed by atoms with Crippen molar-refractivity contribution in [2.75, 3.05) is 7.05 Å². The third kappa shape index (κ3) is 2.84. The lowest BCUT2D eigenvalue weighted by atomic mass is 10.0. The molecule has 2 aromatic rings. The highest BCUT2D eigenvalue weighted by Crippen LogP contribution is 2.25. The molecule has 21 heavy (non-hydrogen) atoms. The fourth-order valence-electron chi connectivity index (χ4n) is 2.62. The quantitative estimate of drug-likeness (QED) is 0.938. The molecular formula is C17H23N3O. The summed E-state index contributed by atoms with van der Waals surface area (Å²) in [5.41, 5.74) is 6.11. The number of amides is 1. The zero-order valence-corrected chi connectivity index (χ0v) is 13.6. The minimum Gasteiger partial charge on any atom is -0.335 e. The molecule has 4 heteroatoms. The molecule has 1 heterocycles. The van der Waals surface area contributed by atoms with E-state index in [1.54, 1.807) is 4.90 Å². The summed E-state index contributed by atoms with van der Waals surface area (Å²) in [5.74, 6) is 0.0330. The van der Waals surface area contributed by atoms with E-state index in [0.29, 0.717) is 0 Å². The molecule has 1 unspecified atom stereocenters.